The third-order valence-electron chi connectivity index (χ3n) is 7.88. The lowest BCUT2D eigenvalue weighted by atomic mass is 10.1. The standard InChI is InChI=1S/C34H43F3N6O5S/c1-24-23-39-30(22-29(24)34(35,36)37)41-18-20-43(21-19-41)49(46,47)28-12-10-27(11-13-28)40-31(44)26-8-6-25(7-9-26)14-17-42(16-5-15-38)32(45)48-33(2,3)4/h6-13,22-23H,5,14-21,38H2,1-4H3,(H,40,44). The molecular formula is C34H43F3N6O5S. The number of carbonyl (C=O) groups excluding carboxylic acids is 2. The Hall–Kier alpha value is -4.21. The van der Waals surface area contributed by atoms with Gasteiger partial charge in [-0.25, -0.2) is 18.2 Å². The minimum absolute atomic E-state index is 0.0184. The Morgan fingerprint density at radius 1 is 0.980 bits per heavy atom. The number of nitrogens with zero attached hydrogens (tertiary/aromatic N) is 4. The van der Waals surface area contributed by atoms with Crippen molar-refractivity contribution in [3.05, 3.63) is 83.0 Å². The molecule has 0 saturated carbocycles. The third-order valence-corrected chi connectivity index (χ3v) is 9.79. The van der Waals surface area contributed by atoms with Gasteiger partial charge in [0, 0.05) is 56.7 Å². The van der Waals surface area contributed by atoms with E-state index in [1.807, 2.05) is 32.9 Å². The third kappa shape index (κ3) is 10.2. The number of sulfonamides is 1. The number of amides is 2. The predicted octanol–water partition coefficient (Wildman–Crippen LogP) is 5.30. The van der Waals surface area contributed by atoms with Crippen molar-refractivity contribution in [1.29, 1.82) is 0 Å². The number of nitrogens with one attached hydrogen (secondary N) is 1. The molecule has 49 heavy (non-hydrogen) atoms. The molecule has 1 saturated heterocycles. The number of benzene rings is 2. The molecule has 3 aromatic rings. The van der Waals surface area contributed by atoms with Gasteiger partial charge in [-0.1, -0.05) is 12.1 Å². The van der Waals surface area contributed by atoms with Crippen molar-refractivity contribution in [1.82, 2.24) is 14.2 Å². The van der Waals surface area contributed by atoms with Crippen molar-refractivity contribution in [2.24, 2.45) is 5.73 Å². The molecule has 0 unspecified atom stereocenters. The van der Waals surface area contributed by atoms with Crippen LogP contribution < -0.4 is 16.0 Å². The van der Waals surface area contributed by atoms with Crippen LogP contribution in [0.25, 0.3) is 0 Å². The molecule has 2 heterocycles. The molecule has 2 amide bonds. The molecule has 0 spiro atoms. The van der Waals surface area contributed by atoms with E-state index in [0.717, 1.165) is 11.6 Å². The van der Waals surface area contributed by atoms with E-state index in [2.05, 4.69) is 10.3 Å². The second-order valence-corrected chi connectivity index (χ2v) is 14.7. The van der Waals surface area contributed by atoms with Gasteiger partial charge in [-0.15, -0.1) is 0 Å². The number of pyridine rings is 1. The van der Waals surface area contributed by atoms with Crippen LogP contribution in [0.1, 0.15) is 54.2 Å². The van der Waals surface area contributed by atoms with Gasteiger partial charge < -0.3 is 25.6 Å². The molecule has 0 aliphatic carbocycles. The van der Waals surface area contributed by atoms with Gasteiger partial charge in [0.15, 0.2) is 0 Å². The zero-order chi connectivity index (χ0) is 36.0. The number of rotatable bonds is 11. The number of hydrogen-bond acceptors (Lipinski definition) is 8. The van der Waals surface area contributed by atoms with Gasteiger partial charge in [0.25, 0.3) is 5.91 Å². The molecule has 0 radical (unpaired) electrons. The van der Waals surface area contributed by atoms with Crippen LogP contribution >= 0.6 is 0 Å². The van der Waals surface area contributed by atoms with E-state index in [1.165, 1.54) is 41.7 Å². The molecular weight excluding hydrogens is 661 g/mol. The first-order valence-corrected chi connectivity index (χ1v) is 17.4. The van der Waals surface area contributed by atoms with E-state index in [0.29, 0.717) is 43.7 Å². The number of aromatic nitrogens is 1. The van der Waals surface area contributed by atoms with Crippen molar-refractivity contribution in [2.75, 3.05) is 56.0 Å². The molecule has 1 aliphatic rings. The summed E-state index contributed by atoms with van der Waals surface area (Å²) in [4.78, 5) is 32.9. The first-order valence-electron chi connectivity index (χ1n) is 16.0. The monoisotopic (exact) mass is 704 g/mol. The van der Waals surface area contributed by atoms with E-state index >= 15 is 0 Å². The van der Waals surface area contributed by atoms with Crippen molar-refractivity contribution >= 4 is 33.5 Å². The second-order valence-electron chi connectivity index (χ2n) is 12.8. The van der Waals surface area contributed by atoms with Crippen molar-refractivity contribution in [2.45, 2.75) is 57.2 Å². The van der Waals surface area contributed by atoms with E-state index < -0.39 is 33.5 Å². The van der Waals surface area contributed by atoms with Gasteiger partial charge in [0.1, 0.15) is 11.4 Å². The Morgan fingerprint density at radius 3 is 2.18 bits per heavy atom. The lowest BCUT2D eigenvalue weighted by Gasteiger charge is -2.35. The van der Waals surface area contributed by atoms with Gasteiger partial charge in [0.2, 0.25) is 10.0 Å². The fourth-order valence-corrected chi connectivity index (χ4v) is 6.62. The number of nitrogens with two attached hydrogens (primary N) is 1. The highest BCUT2D eigenvalue weighted by Gasteiger charge is 2.34. The fourth-order valence-electron chi connectivity index (χ4n) is 5.20. The summed E-state index contributed by atoms with van der Waals surface area (Å²) in [6, 6.07) is 13.8. The zero-order valence-electron chi connectivity index (χ0n) is 28.1. The summed E-state index contributed by atoms with van der Waals surface area (Å²) in [6.45, 7) is 8.62. The number of alkyl halides is 3. The van der Waals surface area contributed by atoms with E-state index in [4.69, 9.17) is 10.5 Å². The Balaban J connectivity index is 1.31. The zero-order valence-corrected chi connectivity index (χ0v) is 28.9. The Kier molecular flexibility index (Phi) is 11.9. The molecule has 0 atom stereocenters. The average molecular weight is 705 g/mol. The van der Waals surface area contributed by atoms with E-state index in [1.54, 1.807) is 21.9 Å². The summed E-state index contributed by atoms with van der Waals surface area (Å²) in [5.41, 5.74) is 5.99. The number of hydrogen-bond donors (Lipinski definition) is 2. The quantitative estimate of drug-likeness (QED) is 0.274. The summed E-state index contributed by atoms with van der Waals surface area (Å²) in [6.07, 6.45) is -2.54. The molecule has 1 fully saturated rings. The highest BCUT2D eigenvalue weighted by molar-refractivity contribution is 7.89. The highest BCUT2D eigenvalue weighted by atomic mass is 32.2. The van der Waals surface area contributed by atoms with Crippen LogP contribution in [0.2, 0.25) is 0 Å². The van der Waals surface area contributed by atoms with Gasteiger partial charge in [0.05, 0.1) is 10.5 Å². The van der Waals surface area contributed by atoms with Crippen LogP contribution in [0.4, 0.5) is 29.5 Å². The summed E-state index contributed by atoms with van der Waals surface area (Å²) >= 11 is 0. The maximum Gasteiger partial charge on any atom is 0.416 e. The normalized spacial score (nSPS) is 14.4. The summed E-state index contributed by atoms with van der Waals surface area (Å²) < 4.78 is 73.5. The molecule has 3 N–H and O–H groups in total. The maximum atomic E-state index is 13.4. The molecule has 1 aliphatic heterocycles. The van der Waals surface area contributed by atoms with Gasteiger partial charge in [-0.3, -0.25) is 4.79 Å². The molecule has 1 aromatic heterocycles. The number of aryl methyl sites for hydroxylation is 1. The number of anilines is 2. The van der Waals surface area contributed by atoms with Crippen molar-refractivity contribution < 1.29 is 35.9 Å². The number of carbonyl (C=O) groups is 2. The van der Waals surface area contributed by atoms with Gasteiger partial charge >= 0.3 is 12.3 Å². The lowest BCUT2D eigenvalue weighted by Crippen LogP contribution is -2.49. The van der Waals surface area contributed by atoms with Crippen LogP contribution in [0.3, 0.4) is 0 Å². The van der Waals surface area contributed by atoms with Gasteiger partial charge in [-0.05, 0) is 101 Å². The minimum Gasteiger partial charge on any atom is -0.444 e. The first-order chi connectivity index (χ1) is 23.0. The van der Waals surface area contributed by atoms with Crippen LogP contribution in [-0.4, -0.2) is 86.0 Å². The van der Waals surface area contributed by atoms with Crippen LogP contribution in [0, 0.1) is 6.92 Å². The summed E-state index contributed by atoms with van der Waals surface area (Å²) in [5.74, 6) is -0.233. The van der Waals surface area contributed by atoms with Crippen LogP contribution in [0.15, 0.2) is 65.7 Å². The average Bonchev–Trinajstić information content (AvgIpc) is 3.04. The predicted molar refractivity (Wildman–Crippen MR) is 181 cm³/mol. The Labute approximate surface area is 285 Å². The second kappa shape index (κ2) is 15.6. The SMILES string of the molecule is Cc1cnc(N2CCN(S(=O)(=O)c3ccc(NC(=O)c4ccc(CCN(CCCN)C(=O)OC(C)(C)C)cc4)cc3)CC2)cc1C(F)(F)F. The molecule has 15 heteroatoms. The topological polar surface area (TPSA) is 138 Å². The summed E-state index contributed by atoms with van der Waals surface area (Å²) in [7, 11) is -3.88. The first kappa shape index (κ1) is 37.6. The number of ether oxygens (including phenoxy) is 1. The maximum absolute atomic E-state index is 13.4. The molecule has 11 nitrogen and oxygen atoms in total. The Bertz CT molecular complexity index is 1700. The highest BCUT2D eigenvalue weighted by Crippen LogP contribution is 2.33. The molecule has 4 rings (SSSR count). The molecule has 0 bridgehead atoms. The van der Waals surface area contributed by atoms with Crippen molar-refractivity contribution in [3.8, 4) is 0 Å². The smallest absolute Gasteiger partial charge is 0.416 e. The number of piperazine rings is 1. The minimum atomic E-state index is -4.51. The number of halogens is 3. The molecule has 266 valence electrons. The fraction of sp³-hybridized carbons (Fsp3) is 0.441. The van der Waals surface area contributed by atoms with E-state index in [-0.39, 0.29) is 48.4 Å². The summed E-state index contributed by atoms with van der Waals surface area (Å²) in [5, 5.41) is 2.77. The molecule has 2 aromatic carbocycles. The largest absolute Gasteiger partial charge is 0.444 e. The lowest BCUT2D eigenvalue weighted by molar-refractivity contribution is -0.138. The Morgan fingerprint density at radius 2 is 1.61 bits per heavy atom. The van der Waals surface area contributed by atoms with E-state index in [9.17, 15) is 31.2 Å². The van der Waals surface area contributed by atoms with Gasteiger partial charge in [-0.2, -0.15) is 17.5 Å². The van der Waals surface area contributed by atoms with Crippen LogP contribution in [-0.2, 0) is 27.4 Å². The van der Waals surface area contributed by atoms with Crippen molar-refractivity contribution in [3.63, 3.8) is 0 Å². The van der Waals surface area contributed by atoms with Crippen LogP contribution in [0.5, 0.6) is 0 Å².